The molecule has 0 unspecified atom stereocenters. The fraction of sp³-hybridized carbons (Fsp3) is 0.192. The molecule has 0 amide bonds. The number of hydrogen-bond donors (Lipinski definition) is 0. The third-order valence-corrected chi connectivity index (χ3v) is 7.20. The van der Waals surface area contributed by atoms with Crippen molar-refractivity contribution in [3.05, 3.63) is 100 Å². The molecular weight excluding hydrogens is 478 g/mol. The molecule has 3 aromatic carbocycles. The minimum absolute atomic E-state index is 0.0842. The molecule has 0 N–H and O–H groups in total. The second-order valence-corrected chi connectivity index (χ2v) is 9.15. The van der Waals surface area contributed by atoms with Gasteiger partial charge in [0.05, 0.1) is 22.9 Å². The van der Waals surface area contributed by atoms with E-state index in [1.165, 1.54) is 11.1 Å². The molecular formula is C26H23N5O4S. The molecule has 2 heterocycles. The van der Waals surface area contributed by atoms with Crippen molar-refractivity contribution in [1.82, 2.24) is 0 Å². The number of carbonyl (C=O) groups excluding carboxylic acids is 1. The van der Waals surface area contributed by atoms with Crippen molar-refractivity contribution in [3.8, 4) is 0 Å². The van der Waals surface area contributed by atoms with Crippen molar-refractivity contribution in [2.45, 2.75) is 25.3 Å². The molecule has 10 heteroatoms. The first kappa shape index (κ1) is 23.6. The number of para-hydroxylation sites is 3. The van der Waals surface area contributed by atoms with Gasteiger partial charge in [-0.05, 0) is 43.3 Å². The summed E-state index contributed by atoms with van der Waals surface area (Å²) in [5.41, 5.74) is 3.40. The Balaban J connectivity index is 1.83. The molecule has 0 fully saturated rings. The van der Waals surface area contributed by atoms with Gasteiger partial charge in [0, 0.05) is 17.2 Å². The van der Waals surface area contributed by atoms with Gasteiger partial charge in [-0.1, -0.05) is 61.5 Å². The number of nitro benzene ring substituents is 1. The zero-order valence-corrected chi connectivity index (χ0v) is 20.5. The summed E-state index contributed by atoms with van der Waals surface area (Å²) in [6, 6.07) is 23.6. The number of anilines is 2. The maximum atomic E-state index is 13.0. The second-order valence-electron chi connectivity index (χ2n) is 7.99. The lowest BCUT2D eigenvalue weighted by Gasteiger charge is -2.46. The fourth-order valence-electron chi connectivity index (χ4n) is 4.39. The molecule has 9 nitrogen and oxygen atoms in total. The largest absolute Gasteiger partial charge is 0.461 e. The molecule has 36 heavy (non-hydrogen) atoms. The Labute approximate surface area is 212 Å². The maximum Gasteiger partial charge on any atom is 0.365 e. The van der Waals surface area contributed by atoms with Crippen LogP contribution in [-0.4, -0.2) is 28.3 Å². The van der Waals surface area contributed by atoms with Gasteiger partial charge in [0.1, 0.15) is 5.69 Å². The molecule has 0 radical (unpaired) electrons. The minimum Gasteiger partial charge on any atom is -0.461 e. The molecule has 2 aliphatic heterocycles. The third-order valence-electron chi connectivity index (χ3n) is 5.91. The van der Waals surface area contributed by atoms with Crippen LogP contribution in [0, 0.1) is 10.1 Å². The normalized spacial score (nSPS) is 18.5. The number of ether oxygens (including phenoxy) is 1. The fourth-order valence-corrected chi connectivity index (χ4v) is 5.67. The molecule has 0 bridgehead atoms. The number of fused-ring (bicyclic) bond motifs is 2. The van der Waals surface area contributed by atoms with Crippen LogP contribution >= 0.6 is 11.8 Å². The molecule has 2 aliphatic rings. The number of thioether (sulfide) groups is 1. The van der Waals surface area contributed by atoms with E-state index in [0.717, 1.165) is 34.3 Å². The van der Waals surface area contributed by atoms with E-state index >= 15 is 0 Å². The Morgan fingerprint density at radius 1 is 0.972 bits per heavy atom. The first-order valence-corrected chi connectivity index (χ1v) is 12.3. The Bertz CT molecular complexity index is 1390. The summed E-state index contributed by atoms with van der Waals surface area (Å²) in [6.07, 6.45) is 0.665. The lowest BCUT2D eigenvalue weighted by molar-refractivity contribution is -0.384. The third kappa shape index (κ3) is 3.70. The summed E-state index contributed by atoms with van der Waals surface area (Å²) in [5.74, 6) is -0.598. The van der Waals surface area contributed by atoms with Crippen LogP contribution in [0.15, 0.2) is 89.1 Å². The quantitative estimate of drug-likeness (QED) is 0.251. The highest BCUT2D eigenvalue weighted by Gasteiger charge is 2.57. The van der Waals surface area contributed by atoms with Gasteiger partial charge in [-0.2, -0.15) is 10.2 Å². The topological polar surface area (TPSA) is 101 Å². The van der Waals surface area contributed by atoms with Crippen LogP contribution in [-0.2, 0) is 14.5 Å². The van der Waals surface area contributed by atoms with E-state index in [1.807, 2.05) is 61.5 Å². The van der Waals surface area contributed by atoms with Gasteiger partial charge in [0.2, 0.25) is 10.0 Å². The van der Waals surface area contributed by atoms with Gasteiger partial charge in [0.25, 0.3) is 5.69 Å². The highest BCUT2D eigenvalue weighted by Crippen LogP contribution is 2.55. The van der Waals surface area contributed by atoms with Crippen molar-refractivity contribution in [2.24, 2.45) is 10.2 Å². The van der Waals surface area contributed by atoms with E-state index < -0.39 is 15.9 Å². The first-order chi connectivity index (χ1) is 17.5. The smallest absolute Gasteiger partial charge is 0.365 e. The summed E-state index contributed by atoms with van der Waals surface area (Å²) in [6.45, 7) is 3.92. The van der Waals surface area contributed by atoms with Crippen molar-refractivity contribution in [2.75, 3.05) is 16.6 Å². The lowest BCUT2D eigenvalue weighted by Crippen LogP contribution is -2.54. The molecule has 0 saturated heterocycles. The lowest BCUT2D eigenvalue weighted by atomic mass is 9.96. The van der Waals surface area contributed by atoms with E-state index in [4.69, 9.17) is 9.84 Å². The average Bonchev–Trinajstić information content (AvgIpc) is 3.31. The monoisotopic (exact) mass is 501 g/mol. The van der Waals surface area contributed by atoms with Gasteiger partial charge < -0.3 is 4.74 Å². The predicted octanol–water partition coefficient (Wildman–Crippen LogP) is 5.47. The number of hydrogen-bond acceptors (Lipinski definition) is 9. The van der Waals surface area contributed by atoms with Gasteiger partial charge >= 0.3 is 5.97 Å². The van der Waals surface area contributed by atoms with E-state index in [0.29, 0.717) is 6.42 Å². The zero-order chi connectivity index (χ0) is 25.3. The van der Waals surface area contributed by atoms with Crippen LogP contribution < -0.4 is 10.0 Å². The van der Waals surface area contributed by atoms with Crippen molar-refractivity contribution >= 4 is 45.5 Å². The molecule has 0 aliphatic carbocycles. The van der Waals surface area contributed by atoms with Crippen LogP contribution in [0.5, 0.6) is 0 Å². The number of benzene rings is 3. The molecule has 1 spiro atoms. The van der Waals surface area contributed by atoms with Crippen molar-refractivity contribution < 1.29 is 14.5 Å². The highest BCUT2D eigenvalue weighted by molar-refractivity contribution is 8.16. The van der Waals surface area contributed by atoms with E-state index in [9.17, 15) is 14.9 Å². The van der Waals surface area contributed by atoms with Gasteiger partial charge in [-0.3, -0.25) is 10.1 Å². The van der Waals surface area contributed by atoms with Gasteiger partial charge in [-0.25, -0.2) is 14.8 Å². The molecule has 0 saturated carbocycles. The number of carbonyl (C=O) groups is 1. The predicted molar refractivity (Wildman–Crippen MR) is 141 cm³/mol. The number of hydrazone groups is 2. The van der Waals surface area contributed by atoms with E-state index in [1.54, 1.807) is 30.1 Å². The molecule has 5 rings (SSSR count). The number of nitro groups is 1. The number of nitrogens with zero attached hydrogens (tertiary/aromatic N) is 5. The zero-order valence-electron chi connectivity index (χ0n) is 19.7. The first-order valence-electron chi connectivity index (χ1n) is 11.5. The maximum absolute atomic E-state index is 13.0. The van der Waals surface area contributed by atoms with Crippen molar-refractivity contribution in [3.63, 3.8) is 0 Å². The van der Waals surface area contributed by atoms with Crippen LogP contribution in [0.2, 0.25) is 0 Å². The van der Waals surface area contributed by atoms with E-state index in [-0.39, 0.29) is 23.0 Å². The Hall–Kier alpha value is -4.18. The summed E-state index contributed by atoms with van der Waals surface area (Å²) >= 11 is 1.16. The average molecular weight is 502 g/mol. The van der Waals surface area contributed by atoms with Crippen LogP contribution in [0.1, 0.15) is 31.4 Å². The van der Waals surface area contributed by atoms with Crippen LogP contribution in [0.3, 0.4) is 0 Å². The summed E-state index contributed by atoms with van der Waals surface area (Å²) < 4.78 is 5.29. The van der Waals surface area contributed by atoms with Crippen LogP contribution in [0.25, 0.3) is 0 Å². The Morgan fingerprint density at radius 2 is 1.67 bits per heavy atom. The SMILES string of the molecule is CCOC(=O)C1=NN(c2ccccc2[N+](=O)[O-])[C@]2(S1)c1ccccc1C(CC)=NN2c1ccccc1. The standard InChI is InChI=1S/C26H23N5O4S/c1-3-21-19-14-8-9-15-20(19)26(29(27-21)18-12-6-5-7-13-18)30(28-24(36-26)25(32)35-4-2)22-16-10-11-17-23(22)31(33)34/h5-17H,3-4H2,1-2H3/t26-/m0/s1. The number of esters is 1. The minimum atomic E-state index is -1.26. The summed E-state index contributed by atoms with van der Waals surface area (Å²) in [7, 11) is 0. The summed E-state index contributed by atoms with van der Waals surface area (Å²) in [5, 5.41) is 25.1. The van der Waals surface area contributed by atoms with Crippen LogP contribution in [0.4, 0.5) is 17.1 Å². The van der Waals surface area contributed by atoms with E-state index in [2.05, 4.69) is 5.10 Å². The molecule has 3 aromatic rings. The van der Waals surface area contributed by atoms with Gasteiger partial charge in [0.15, 0.2) is 0 Å². The second kappa shape index (κ2) is 9.46. The number of rotatable bonds is 6. The van der Waals surface area contributed by atoms with Crippen molar-refractivity contribution in [1.29, 1.82) is 0 Å². The highest BCUT2D eigenvalue weighted by atomic mass is 32.2. The molecule has 0 aromatic heterocycles. The summed E-state index contributed by atoms with van der Waals surface area (Å²) in [4.78, 5) is 23.3. The molecule has 1 atom stereocenters. The Morgan fingerprint density at radius 3 is 2.39 bits per heavy atom. The molecule has 182 valence electrons. The van der Waals surface area contributed by atoms with Gasteiger partial charge in [-0.15, -0.1) is 0 Å². The Kier molecular flexibility index (Phi) is 6.19.